The van der Waals surface area contributed by atoms with Crippen molar-refractivity contribution in [3.63, 3.8) is 0 Å². The number of ether oxygens (including phenoxy) is 2. The highest BCUT2D eigenvalue weighted by molar-refractivity contribution is 6.28. The van der Waals surface area contributed by atoms with Gasteiger partial charge in [-0.1, -0.05) is 12.1 Å². The summed E-state index contributed by atoms with van der Waals surface area (Å²) in [5.41, 5.74) is -0.257. The Morgan fingerprint density at radius 2 is 2.03 bits per heavy atom. The van der Waals surface area contributed by atoms with E-state index in [1.807, 2.05) is 0 Å². The summed E-state index contributed by atoms with van der Waals surface area (Å²) < 4.78 is 50.3. The zero-order chi connectivity index (χ0) is 21.0. The Morgan fingerprint density at radius 1 is 1.24 bits per heavy atom. The van der Waals surface area contributed by atoms with Gasteiger partial charge in [-0.3, -0.25) is 0 Å². The van der Waals surface area contributed by atoms with Crippen LogP contribution in [0, 0.1) is 0 Å². The van der Waals surface area contributed by atoms with Crippen molar-refractivity contribution < 1.29 is 27.8 Å². The summed E-state index contributed by atoms with van der Waals surface area (Å²) in [5, 5.41) is 12.4. The minimum absolute atomic E-state index is 0.0439. The van der Waals surface area contributed by atoms with Crippen LogP contribution >= 0.6 is 11.6 Å². The molecule has 0 saturated carbocycles. The number of benzene rings is 1. The summed E-state index contributed by atoms with van der Waals surface area (Å²) in [4.78, 5) is 12.2. The molecule has 0 radical (unpaired) electrons. The maximum atomic E-state index is 13.3. The number of hydrogen-bond acceptors (Lipinski definition) is 7. The molecular formula is C18H16ClF3N4O3. The van der Waals surface area contributed by atoms with Crippen molar-refractivity contribution in [2.75, 3.05) is 25.6 Å². The first kappa shape index (κ1) is 20.9. The molecule has 0 saturated heterocycles. The molecule has 0 atom stereocenters. The summed E-state index contributed by atoms with van der Waals surface area (Å²) in [5.74, 6) is 0.258. The second-order valence-corrected chi connectivity index (χ2v) is 6.14. The Labute approximate surface area is 168 Å². The maximum Gasteiger partial charge on any atom is 0.419 e. The Balaban J connectivity index is 1.97. The fourth-order valence-electron chi connectivity index (χ4n) is 2.68. The summed E-state index contributed by atoms with van der Waals surface area (Å²) in [6.07, 6.45) is -3.16. The second-order valence-electron chi connectivity index (χ2n) is 5.80. The number of anilines is 1. The lowest BCUT2D eigenvalue weighted by molar-refractivity contribution is -0.139. The van der Waals surface area contributed by atoms with Gasteiger partial charge in [0, 0.05) is 23.6 Å². The van der Waals surface area contributed by atoms with Gasteiger partial charge in [-0.2, -0.15) is 13.2 Å². The lowest BCUT2D eigenvalue weighted by Gasteiger charge is -2.18. The normalized spacial score (nSPS) is 11.5. The van der Waals surface area contributed by atoms with Crippen LogP contribution in [0.25, 0.3) is 10.9 Å². The Bertz CT molecular complexity index is 1020. The van der Waals surface area contributed by atoms with E-state index in [0.717, 1.165) is 6.07 Å². The topological polar surface area (TPSA) is 89.4 Å². The molecule has 0 spiro atoms. The highest BCUT2D eigenvalue weighted by Gasteiger charge is 2.35. The lowest BCUT2D eigenvalue weighted by Crippen LogP contribution is -2.14. The van der Waals surface area contributed by atoms with Crippen molar-refractivity contribution in [2.45, 2.75) is 12.7 Å². The fourth-order valence-corrected chi connectivity index (χ4v) is 2.85. The van der Waals surface area contributed by atoms with Crippen LogP contribution in [0.1, 0.15) is 11.1 Å². The number of alkyl halides is 3. The number of pyridine rings is 1. The molecule has 0 fully saturated rings. The van der Waals surface area contributed by atoms with E-state index in [1.165, 1.54) is 25.4 Å². The van der Waals surface area contributed by atoms with Crippen LogP contribution in [0.4, 0.5) is 19.0 Å². The van der Waals surface area contributed by atoms with Crippen molar-refractivity contribution in [3.05, 3.63) is 46.9 Å². The molecule has 2 heterocycles. The van der Waals surface area contributed by atoms with Gasteiger partial charge in [0.2, 0.25) is 11.2 Å². The van der Waals surface area contributed by atoms with E-state index in [0.29, 0.717) is 22.6 Å². The van der Waals surface area contributed by atoms with Gasteiger partial charge in [0.1, 0.15) is 18.2 Å². The van der Waals surface area contributed by atoms with Crippen LogP contribution in [-0.4, -0.2) is 40.4 Å². The molecular weight excluding hydrogens is 413 g/mol. The van der Waals surface area contributed by atoms with Crippen LogP contribution in [0.3, 0.4) is 0 Å². The first-order valence-electron chi connectivity index (χ1n) is 8.37. The molecule has 3 aromatic rings. The Morgan fingerprint density at radius 3 is 2.72 bits per heavy atom. The van der Waals surface area contributed by atoms with E-state index >= 15 is 0 Å². The third kappa shape index (κ3) is 4.77. The molecule has 0 aliphatic carbocycles. The maximum absolute atomic E-state index is 13.3. The van der Waals surface area contributed by atoms with Crippen LogP contribution in [0.5, 0.6) is 11.6 Å². The van der Waals surface area contributed by atoms with Gasteiger partial charge in [-0.05, 0) is 17.7 Å². The summed E-state index contributed by atoms with van der Waals surface area (Å²) in [6.45, 7) is -0.735. The van der Waals surface area contributed by atoms with Gasteiger partial charge in [0.05, 0.1) is 31.0 Å². The molecule has 7 nitrogen and oxygen atoms in total. The lowest BCUT2D eigenvalue weighted by atomic mass is 10.1. The second kappa shape index (κ2) is 8.66. The molecule has 0 aliphatic heterocycles. The number of methoxy groups -OCH3 is 1. The minimum Gasteiger partial charge on any atom is -0.490 e. The molecule has 2 aromatic heterocycles. The largest absolute Gasteiger partial charge is 0.490 e. The number of aliphatic hydroxyl groups is 1. The van der Waals surface area contributed by atoms with E-state index in [4.69, 9.17) is 26.2 Å². The fraction of sp³-hybridized carbons (Fsp3) is 0.278. The molecule has 0 aliphatic rings. The monoisotopic (exact) mass is 428 g/mol. The molecule has 29 heavy (non-hydrogen) atoms. The highest BCUT2D eigenvalue weighted by atomic mass is 35.5. The van der Waals surface area contributed by atoms with Crippen molar-refractivity contribution in [3.8, 4) is 11.6 Å². The zero-order valence-electron chi connectivity index (χ0n) is 15.1. The van der Waals surface area contributed by atoms with Crippen LogP contribution in [-0.2, 0) is 12.7 Å². The molecule has 0 unspecified atom stereocenters. The number of nitrogens with zero attached hydrogens (tertiary/aromatic N) is 3. The highest BCUT2D eigenvalue weighted by Crippen LogP contribution is 2.38. The van der Waals surface area contributed by atoms with Gasteiger partial charge in [0.15, 0.2) is 0 Å². The smallest absolute Gasteiger partial charge is 0.419 e. The standard InChI is InChI=1S/C18H16ClF3N4O3/c1-28-14-7-11-13(9-23-14)25-17(19)26-16(11)24-8-10-3-2-4-12(18(20,21)22)15(10)29-6-5-27/h2-4,7,9,27H,5-6,8H2,1H3,(H,24,25,26). The number of para-hydroxylation sites is 1. The molecule has 0 amide bonds. The zero-order valence-corrected chi connectivity index (χ0v) is 15.9. The van der Waals surface area contributed by atoms with E-state index in [1.54, 1.807) is 6.07 Å². The number of rotatable bonds is 7. The number of halogens is 4. The number of fused-ring (bicyclic) bond motifs is 1. The first-order valence-corrected chi connectivity index (χ1v) is 8.75. The van der Waals surface area contributed by atoms with Crippen LogP contribution < -0.4 is 14.8 Å². The molecule has 1 aromatic carbocycles. The molecule has 154 valence electrons. The molecule has 0 bridgehead atoms. The van der Waals surface area contributed by atoms with Crippen molar-refractivity contribution >= 4 is 28.3 Å². The first-order chi connectivity index (χ1) is 13.8. The average molecular weight is 429 g/mol. The van der Waals surface area contributed by atoms with Crippen LogP contribution in [0.2, 0.25) is 5.28 Å². The van der Waals surface area contributed by atoms with Gasteiger partial charge < -0.3 is 19.9 Å². The summed E-state index contributed by atoms with van der Waals surface area (Å²) >= 11 is 5.94. The third-order valence-corrected chi connectivity index (χ3v) is 4.09. The van der Waals surface area contributed by atoms with Crippen LogP contribution in [0.15, 0.2) is 30.5 Å². The Hall–Kier alpha value is -2.85. The molecule has 2 N–H and O–H groups in total. The summed E-state index contributed by atoms with van der Waals surface area (Å²) in [7, 11) is 1.45. The Kier molecular flexibility index (Phi) is 6.23. The molecule has 11 heteroatoms. The third-order valence-electron chi connectivity index (χ3n) is 3.92. The van der Waals surface area contributed by atoms with E-state index in [-0.39, 0.29) is 29.7 Å². The van der Waals surface area contributed by atoms with Crippen molar-refractivity contribution in [1.29, 1.82) is 0 Å². The predicted octanol–water partition coefficient (Wildman–Crippen LogP) is 3.69. The SMILES string of the molecule is COc1cc2c(NCc3cccc(C(F)(F)F)c3OCCO)nc(Cl)nc2cn1. The molecule has 3 rings (SSSR count). The average Bonchev–Trinajstić information content (AvgIpc) is 2.69. The van der Waals surface area contributed by atoms with Gasteiger partial charge >= 0.3 is 6.18 Å². The summed E-state index contributed by atoms with van der Waals surface area (Å²) in [6, 6.07) is 5.28. The van der Waals surface area contributed by atoms with Gasteiger partial charge in [0.25, 0.3) is 0 Å². The number of hydrogen-bond donors (Lipinski definition) is 2. The quantitative estimate of drug-likeness (QED) is 0.555. The number of nitrogens with one attached hydrogen (secondary N) is 1. The van der Waals surface area contributed by atoms with Crippen molar-refractivity contribution in [1.82, 2.24) is 15.0 Å². The van der Waals surface area contributed by atoms with E-state index < -0.39 is 18.3 Å². The van der Waals surface area contributed by atoms with E-state index in [2.05, 4.69) is 20.3 Å². The minimum atomic E-state index is -4.61. The van der Waals surface area contributed by atoms with Gasteiger partial charge in [-0.15, -0.1) is 0 Å². The number of aromatic nitrogens is 3. The van der Waals surface area contributed by atoms with E-state index in [9.17, 15) is 13.2 Å². The number of aliphatic hydroxyl groups excluding tert-OH is 1. The van der Waals surface area contributed by atoms with Crippen molar-refractivity contribution in [2.24, 2.45) is 0 Å². The predicted molar refractivity (Wildman–Crippen MR) is 100 cm³/mol. The van der Waals surface area contributed by atoms with Gasteiger partial charge in [-0.25, -0.2) is 15.0 Å².